The number of aromatic hydroxyl groups is 1. The highest BCUT2D eigenvalue weighted by Gasteiger charge is 2.06. The van der Waals surface area contributed by atoms with E-state index < -0.39 is 0 Å². The van der Waals surface area contributed by atoms with Crippen molar-refractivity contribution in [1.82, 2.24) is 0 Å². The van der Waals surface area contributed by atoms with Gasteiger partial charge in [0.1, 0.15) is 11.6 Å². The second-order valence-corrected chi connectivity index (χ2v) is 3.91. The Kier molecular flexibility index (Phi) is 2.74. The molecule has 0 atom stereocenters. The minimum absolute atomic E-state index is 0.0311. The van der Waals surface area contributed by atoms with Gasteiger partial charge in [-0.05, 0) is 44.0 Å². The van der Waals surface area contributed by atoms with Crippen LogP contribution >= 0.6 is 31.9 Å². The van der Waals surface area contributed by atoms with Gasteiger partial charge in [-0.1, -0.05) is 0 Å². The number of phenolic OH excluding ortho intramolecular Hbond substituents is 1. The topological polar surface area (TPSA) is 70.1 Å². The maximum absolute atomic E-state index is 9.31. The van der Waals surface area contributed by atoms with Crippen molar-refractivity contribution in [3.63, 3.8) is 0 Å². The molecule has 4 N–H and O–H groups in total. The zero-order valence-corrected chi connectivity index (χ0v) is 9.11. The first-order valence-electron chi connectivity index (χ1n) is 3.04. The van der Waals surface area contributed by atoms with Crippen molar-refractivity contribution in [2.24, 2.45) is 5.73 Å². The van der Waals surface area contributed by atoms with Gasteiger partial charge in [0.15, 0.2) is 0 Å². The van der Waals surface area contributed by atoms with Crippen LogP contribution in [0.5, 0.6) is 5.75 Å². The van der Waals surface area contributed by atoms with Crippen molar-refractivity contribution in [1.29, 1.82) is 5.41 Å². The molecule has 0 heterocycles. The SMILES string of the molecule is N=C(N)c1cc(Br)c(O)c(Br)c1. The standard InChI is InChI=1S/C7H6Br2N2O/c8-4-1-3(7(10)11)2-5(9)6(4)12/h1-2,12H,(H3,10,11). The number of hydrogen-bond acceptors (Lipinski definition) is 2. The Morgan fingerprint density at radius 1 is 1.33 bits per heavy atom. The largest absolute Gasteiger partial charge is 0.506 e. The number of nitrogen functional groups attached to an aromatic ring is 1. The highest BCUT2D eigenvalue weighted by molar-refractivity contribution is 9.11. The Morgan fingerprint density at radius 3 is 2.08 bits per heavy atom. The van der Waals surface area contributed by atoms with Crippen molar-refractivity contribution in [3.8, 4) is 5.75 Å². The van der Waals surface area contributed by atoms with E-state index in [0.717, 1.165) is 0 Å². The molecular weight excluding hydrogens is 288 g/mol. The summed E-state index contributed by atoms with van der Waals surface area (Å²) in [5.74, 6) is 0.0800. The molecule has 0 spiro atoms. The second kappa shape index (κ2) is 3.45. The molecular formula is C7H6Br2N2O. The molecule has 64 valence electrons. The maximum Gasteiger partial charge on any atom is 0.143 e. The number of benzene rings is 1. The summed E-state index contributed by atoms with van der Waals surface area (Å²) in [5, 5.41) is 16.5. The molecule has 1 aromatic rings. The van der Waals surface area contributed by atoms with E-state index >= 15 is 0 Å². The maximum atomic E-state index is 9.31. The zero-order valence-electron chi connectivity index (χ0n) is 5.94. The van der Waals surface area contributed by atoms with E-state index in [2.05, 4.69) is 31.9 Å². The van der Waals surface area contributed by atoms with Gasteiger partial charge in [0.05, 0.1) is 8.95 Å². The van der Waals surface area contributed by atoms with Gasteiger partial charge in [-0.25, -0.2) is 0 Å². The molecule has 0 amide bonds. The van der Waals surface area contributed by atoms with Crippen LogP contribution in [-0.4, -0.2) is 10.9 Å². The lowest BCUT2D eigenvalue weighted by molar-refractivity contribution is 0.468. The summed E-state index contributed by atoms with van der Waals surface area (Å²) in [6.45, 7) is 0. The van der Waals surface area contributed by atoms with E-state index in [1.165, 1.54) is 0 Å². The van der Waals surface area contributed by atoms with Crippen molar-refractivity contribution >= 4 is 37.7 Å². The highest BCUT2D eigenvalue weighted by Crippen LogP contribution is 2.32. The third-order valence-corrected chi connectivity index (χ3v) is 2.54. The number of hydrogen-bond donors (Lipinski definition) is 3. The summed E-state index contributed by atoms with van der Waals surface area (Å²) in [7, 11) is 0. The Labute approximate surface area is 86.4 Å². The highest BCUT2D eigenvalue weighted by atomic mass is 79.9. The van der Waals surface area contributed by atoms with Crippen LogP contribution in [0.25, 0.3) is 0 Å². The van der Waals surface area contributed by atoms with Crippen LogP contribution in [0, 0.1) is 5.41 Å². The van der Waals surface area contributed by atoms with Crippen LogP contribution in [0.4, 0.5) is 0 Å². The summed E-state index contributed by atoms with van der Waals surface area (Å²) in [6, 6.07) is 3.17. The van der Waals surface area contributed by atoms with E-state index in [4.69, 9.17) is 11.1 Å². The Hall–Kier alpha value is -0.550. The summed E-state index contributed by atoms with van der Waals surface area (Å²) in [5.41, 5.74) is 5.82. The molecule has 0 aliphatic carbocycles. The van der Waals surface area contributed by atoms with E-state index in [9.17, 15) is 5.11 Å². The summed E-state index contributed by atoms with van der Waals surface area (Å²) in [4.78, 5) is 0. The fourth-order valence-electron chi connectivity index (χ4n) is 0.721. The lowest BCUT2D eigenvalue weighted by Gasteiger charge is -2.03. The van der Waals surface area contributed by atoms with E-state index in [0.29, 0.717) is 14.5 Å². The van der Waals surface area contributed by atoms with Crippen molar-refractivity contribution in [2.45, 2.75) is 0 Å². The van der Waals surface area contributed by atoms with Crippen molar-refractivity contribution in [2.75, 3.05) is 0 Å². The molecule has 5 heteroatoms. The lowest BCUT2D eigenvalue weighted by Crippen LogP contribution is -2.10. The van der Waals surface area contributed by atoms with E-state index in [1.54, 1.807) is 12.1 Å². The molecule has 3 nitrogen and oxygen atoms in total. The lowest BCUT2D eigenvalue weighted by atomic mass is 10.2. The molecule has 1 aromatic carbocycles. The normalized spacial score (nSPS) is 9.83. The quantitative estimate of drug-likeness (QED) is 0.549. The third kappa shape index (κ3) is 1.78. The molecule has 0 unspecified atom stereocenters. The van der Waals surface area contributed by atoms with Gasteiger partial charge < -0.3 is 10.8 Å². The molecule has 0 saturated heterocycles. The van der Waals surface area contributed by atoms with Gasteiger partial charge in [-0.15, -0.1) is 0 Å². The molecule has 0 bridgehead atoms. The van der Waals surface area contributed by atoms with Gasteiger partial charge in [0.2, 0.25) is 0 Å². The Balaban J connectivity index is 3.31. The number of phenols is 1. The van der Waals surface area contributed by atoms with Gasteiger partial charge in [-0.3, -0.25) is 5.41 Å². The molecule has 1 rings (SSSR count). The monoisotopic (exact) mass is 292 g/mol. The molecule has 0 aromatic heterocycles. The van der Waals surface area contributed by atoms with Crippen LogP contribution in [0.2, 0.25) is 0 Å². The third-order valence-electron chi connectivity index (χ3n) is 1.33. The summed E-state index contributed by atoms with van der Waals surface area (Å²) in [6.07, 6.45) is 0. The predicted molar refractivity (Wildman–Crippen MR) is 54.5 cm³/mol. The van der Waals surface area contributed by atoms with Crippen LogP contribution in [0.3, 0.4) is 0 Å². The van der Waals surface area contributed by atoms with Crippen molar-refractivity contribution < 1.29 is 5.11 Å². The number of halogens is 2. The van der Waals surface area contributed by atoms with Crippen LogP contribution in [-0.2, 0) is 0 Å². The van der Waals surface area contributed by atoms with E-state index in [1.807, 2.05) is 0 Å². The number of nitrogens with one attached hydrogen (secondary N) is 1. The average Bonchev–Trinajstić information content (AvgIpc) is 1.99. The predicted octanol–water partition coefficient (Wildman–Crippen LogP) is 2.20. The van der Waals surface area contributed by atoms with Crippen molar-refractivity contribution in [3.05, 3.63) is 26.6 Å². The summed E-state index contributed by atoms with van der Waals surface area (Å²) < 4.78 is 1.03. The second-order valence-electron chi connectivity index (χ2n) is 2.20. The first-order valence-corrected chi connectivity index (χ1v) is 4.63. The Bertz CT molecular complexity index is 315. The fourth-order valence-corrected chi connectivity index (χ4v) is 1.91. The molecule has 0 aliphatic rings. The van der Waals surface area contributed by atoms with Gasteiger partial charge in [-0.2, -0.15) is 0 Å². The van der Waals surface area contributed by atoms with Gasteiger partial charge >= 0.3 is 0 Å². The minimum atomic E-state index is -0.0311. The molecule has 0 saturated carbocycles. The number of rotatable bonds is 1. The average molecular weight is 294 g/mol. The van der Waals surface area contributed by atoms with E-state index in [-0.39, 0.29) is 11.6 Å². The molecule has 0 fully saturated rings. The fraction of sp³-hybridized carbons (Fsp3) is 0. The molecule has 0 radical (unpaired) electrons. The number of nitrogens with two attached hydrogens (primary N) is 1. The molecule has 12 heavy (non-hydrogen) atoms. The smallest absolute Gasteiger partial charge is 0.143 e. The Morgan fingerprint density at radius 2 is 1.75 bits per heavy atom. The summed E-state index contributed by atoms with van der Waals surface area (Å²) >= 11 is 6.27. The molecule has 0 aliphatic heterocycles. The zero-order chi connectivity index (χ0) is 9.30. The van der Waals surface area contributed by atoms with Gasteiger partial charge in [0.25, 0.3) is 0 Å². The number of amidine groups is 1. The first-order chi connectivity index (χ1) is 5.52. The van der Waals surface area contributed by atoms with Gasteiger partial charge in [0, 0.05) is 5.56 Å². The first kappa shape index (κ1) is 9.54. The van der Waals surface area contributed by atoms with Crippen LogP contribution in [0.1, 0.15) is 5.56 Å². The van der Waals surface area contributed by atoms with Crippen LogP contribution < -0.4 is 5.73 Å². The minimum Gasteiger partial charge on any atom is -0.506 e. The van der Waals surface area contributed by atoms with Crippen LogP contribution in [0.15, 0.2) is 21.1 Å².